The largest absolute Gasteiger partial charge is 0.349 e. The summed E-state index contributed by atoms with van der Waals surface area (Å²) in [5.74, 6) is 1.83. The van der Waals surface area contributed by atoms with Gasteiger partial charge < -0.3 is 14.7 Å². The van der Waals surface area contributed by atoms with Crippen molar-refractivity contribution in [1.29, 1.82) is 0 Å². The third kappa shape index (κ3) is 6.34. The molecule has 7 nitrogen and oxygen atoms in total. The van der Waals surface area contributed by atoms with Crippen LogP contribution >= 0.6 is 0 Å². The molecule has 1 saturated carbocycles. The Morgan fingerprint density at radius 3 is 2.51 bits per heavy atom. The number of ketones is 1. The zero-order chi connectivity index (χ0) is 25.8. The van der Waals surface area contributed by atoms with Crippen molar-refractivity contribution in [3.63, 3.8) is 0 Å². The average Bonchev–Trinajstić information content (AvgIpc) is 3.24. The molecule has 3 aromatic rings. The van der Waals surface area contributed by atoms with E-state index in [1.807, 2.05) is 30.3 Å². The Hall–Kier alpha value is -3.32. The lowest BCUT2D eigenvalue weighted by Gasteiger charge is -2.30. The predicted molar refractivity (Wildman–Crippen MR) is 143 cm³/mol. The van der Waals surface area contributed by atoms with Gasteiger partial charge in [-0.15, -0.1) is 0 Å². The van der Waals surface area contributed by atoms with Crippen molar-refractivity contribution >= 4 is 11.7 Å². The molecule has 0 bridgehead atoms. The first-order valence-electron chi connectivity index (χ1n) is 13.5. The molecular weight excluding hydrogens is 464 g/mol. The second-order valence-electron chi connectivity index (χ2n) is 10.6. The summed E-state index contributed by atoms with van der Waals surface area (Å²) >= 11 is 0. The molecule has 0 unspecified atom stereocenters. The number of benzene rings is 2. The second kappa shape index (κ2) is 11.4. The van der Waals surface area contributed by atoms with Crippen molar-refractivity contribution in [2.45, 2.75) is 64.8 Å². The summed E-state index contributed by atoms with van der Waals surface area (Å²) in [4.78, 5) is 31.5. The minimum absolute atomic E-state index is 0.0393. The summed E-state index contributed by atoms with van der Waals surface area (Å²) in [5, 5.41) is 7.19. The molecular formula is C30H36N4O3. The van der Waals surface area contributed by atoms with Gasteiger partial charge in [-0.1, -0.05) is 29.4 Å². The number of nitrogens with zero attached hydrogens (tertiary/aromatic N) is 3. The number of fused-ring (bicyclic) bond motifs is 1. The number of carbonyl (C=O) groups excluding carboxylic acids is 2. The molecule has 7 heteroatoms. The number of hydrogen-bond acceptors (Lipinski definition) is 6. The second-order valence-corrected chi connectivity index (χ2v) is 10.6. The number of Topliss-reactive ketones (excluding diaryl/α,β-unsaturated/α-hetero) is 1. The number of hydrogen-bond donors (Lipinski definition) is 1. The molecule has 1 N–H and O–H groups in total. The van der Waals surface area contributed by atoms with Gasteiger partial charge in [0.2, 0.25) is 11.7 Å². The van der Waals surface area contributed by atoms with E-state index in [-0.39, 0.29) is 17.7 Å². The van der Waals surface area contributed by atoms with Crippen molar-refractivity contribution in [1.82, 2.24) is 20.4 Å². The van der Waals surface area contributed by atoms with Crippen molar-refractivity contribution in [3.8, 4) is 11.4 Å². The van der Waals surface area contributed by atoms with E-state index >= 15 is 0 Å². The average molecular weight is 501 g/mol. The maximum Gasteiger partial charge on any atom is 0.251 e. The predicted octanol–water partition coefficient (Wildman–Crippen LogP) is 5.03. The molecule has 2 aliphatic rings. The van der Waals surface area contributed by atoms with Crippen LogP contribution < -0.4 is 5.32 Å². The van der Waals surface area contributed by atoms with E-state index in [0.717, 1.165) is 69.3 Å². The van der Waals surface area contributed by atoms with Crippen molar-refractivity contribution in [3.05, 3.63) is 70.6 Å². The Kier molecular flexibility index (Phi) is 7.79. The van der Waals surface area contributed by atoms with Crippen LogP contribution in [0.15, 0.2) is 47.0 Å². The molecule has 0 atom stereocenters. The molecule has 0 radical (unpaired) electrons. The summed E-state index contributed by atoms with van der Waals surface area (Å²) in [6, 6.07) is 13.8. The van der Waals surface area contributed by atoms with E-state index in [9.17, 15) is 9.59 Å². The summed E-state index contributed by atoms with van der Waals surface area (Å²) in [6.07, 6.45) is 7.65. The Labute approximate surface area is 218 Å². The van der Waals surface area contributed by atoms with Crippen LogP contribution in [-0.2, 0) is 12.8 Å². The van der Waals surface area contributed by atoms with Gasteiger partial charge in [0.15, 0.2) is 5.78 Å². The quantitative estimate of drug-likeness (QED) is 0.458. The Bertz CT molecular complexity index is 1260. The fourth-order valence-corrected chi connectivity index (χ4v) is 5.66. The summed E-state index contributed by atoms with van der Waals surface area (Å²) in [7, 11) is 0. The molecule has 1 aliphatic carbocycles. The highest BCUT2D eigenvalue weighted by molar-refractivity contribution is 5.95. The van der Waals surface area contributed by atoms with E-state index in [1.165, 1.54) is 17.5 Å². The number of aryl methyl sites for hydroxylation is 1. The molecule has 1 fully saturated rings. The first-order valence-corrected chi connectivity index (χ1v) is 13.5. The Morgan fingerprint density at radius 1 is 1.00 bits per heavy atom. The maximum absolute atomic E-state index is 12.9. The van der Waals surface area contributed by atoms with Crippen molar-refractivity contribution < 1.29 is 14.1 Å². The molecule has 2 heterocycles. The van der Waals surface area contributed by atoms with Crippen LogP contribution in [0.1, 0.15) is 76.8 Å². The summed E-state index contributed by atoms with van der Waals surface area (Å²) < 4.78 is 5.07. The van der Waals surface area contributed by atoms with Crippen LogP contribution in [-0.4, -0.2) is 52.4 Å². The van der Waals surface area contributed by atoms with Crippen LogP contribution in [0, 0.1) is 12.8 Å². The fourth-order valence-electron chi connectivity index (χ4n) is 5.66. The lowest BCUT2D eigenvalue weighted by molar-refractivity contribution is 0.0919. The number of rotatable bonds is 7. The summed E-state index contributed by atoms with van der Waals surface area (Å²) in [5.41, 5.74) is 4.96. The highest BCUT2D eigenvalue weighted by Crippen LogP contribution is 2.28. The molecule has 2 aromatic carbocycles. The smallest absolute Gasteiger partial charge is 0.251 e. The molecule has 0 saturated heterocycles. The van der Waals surface area contributed by atoms with Crippen LogP contribution in [0.5, 0.6) is 0 Å². The van der Waals surface area contributed by atoms with E-state index in [2.05, 4.69) is 32.5 Å². The first-order chi connectivity index (χ1) is 17.9. The minimum atomic E-state index is -0.0393. The number of carbonyl (C=O) groups is 2. The monoisotopic (exact) mass is 500 g/mol. The molecule has 37 heavy (non-hydrogen) atoms. The van der Waals surface area contributed by atoms with Gasteiger partial charge in [0.1, 0.15) is 0 Å². The SMILES string of the molecule is CC(=O)c1ccc2c(c1)CCN(CCC1CCC(NC(=O)c3cccc(-c4noc(C)n4)c3)CC1)CC2. The van der Waals surface area contributed by atoms with Gasteiger partial charge >= 0.3 is 0 Å². The topological polar surface area (TPSA) is 88.3 Å². The van der Waals surface area contributed by atoms with Gasteiger partial charge in [0.25, 0.3) is 5.91 Å². The third-order valence-electron chi connectivity index (χ3n) is 7.95. The number of amides is 1. The van der Waals surface area contributed by atoms with Gasteiger partial charge in [0, 0.05) is 42.7 Å². The normalized spacial score (nSPS) is 20.2. The van der Waals surface area contributed by atoms with Crippen molar-refractivity contribution in [2.24, 2.45) is 5.92 Å². The van der Waals surface area contributed by atoms with Gasteiger partial charge in [-0.3, -0.25) is 9.59 Å². The van der Waals surface area contributed by atoms with Crippen molar-refractivity contribution in [2.75, 3.05) is 19.6 Å². The van der Waals surface area contributed by atoms with Gasteiger partial charge in [-0.05, 0) is 93.7 Å². The molecule has 1 aliphatic heterocycles. The van der Waals surface area contributed by atoms with Crippen LogP contribution in [0.25, 0.3) is 11.4 Å². The molecule has 1 aromatic heterocycles. The number of aromatic nitrogens is 2. The lowest BCUT2D eigenvalue weighted by Crippen LogP contribution is -2.38. The van der Waals surface area contributed by atoms with Gasteiger partial charge in [0.05, 0.1) is 0 Å². The van der Waals surface area contributed by atoms with E-state index < -0.39 is 0 Å². The fraction of sp³-hybridized carbons (Fsp3) is 0.467. The Morgan fingerprint density at radius 2 is 1.78 bits per heavy atom. The third-order valence-corrected chi connectivity index (χ3v) is 7.95. The lowest BCUT2D eigenvalue weighted by atomic mass is 9.84. The molecule has 5 rings (SSSR count). The Balaban J connectivity index is 1.06. The number of nitrogens with one attached hydrogen (secondary N) is 1. The maximum atomic E-state index is 12.9. The molecule has 1 amide bonds. The van der Waals surface area contributed by atoms with Gasteiger partial charge in [-0.25, -0.2) is 0 Å². The van der Waals surface area contributed by atoms with Crippen LogP contribution in [0.4, 0.5) is 0 Å². The summed E-state index contributed by atoms with van der Waals surface area (Å²) in [6.45, 7) is 6.66. The highest BCUT2D eigenvalue weighted by atomic mass is 16.5. The minimum Gasteiger partial charge on any atom is -0.349 e. The first kappa shape index (κ1) is 25.3. The standard InChI is InChI=1S/C30H36N4O3/c1-20(35)24-9-8-23-13-16-34(17-14-25(23)18-24)15-12-22-6-10-28(11-7-22)32-30(36)27-5-3-4-26(19-27)29-31-21(2)37-33-29/h3-5,8-9,18-19,22,28H,6-7,10-17H2,1-2H3,(H,32,36). The van der Waals surface area contributed by atoms with Crippen LogP contribution in [0.2, 0.25) is 0 Å². The molecule has 0 spiro atoms. The van der Waals surface area contributed by atoms with Crippen LogP contribution in [0.3, 0.4) is 0 Å². The van der Waals surface area contributed by atoms with Gasteiger partial charge in [-0.2, -0.15) is 4.98 Å². The van der Waals surface area contributed by atoms with E-state index in [1.54, 1.807) is 13.8 Å². The zero-order valence-corrected chi connectivity index (χ0v) is 21.8. The zero-order valence-electron chi connectivity index (χ0n) is 21.8. The highest BCUT2D eigenvalue weighted by Gasteiger charge is 2.24. The van der Waals surface area contributed by atoms with E-state index in [0.29, 0.717) is 23.2 Å². The van der Waals surface area contributed by atoms with E-state index in [4.69, 9.17) is 4.52 Å². The molecule has 194 valence electrons.